The Bertz CT molecular complexity index is 571. The van der Waals surface area contributed by atoms with Crippen molar-refractivity contribution in [3.8, 4) is 0 Å². The van der Waals surface area contributed by atoms with Crippen LogP contribution >= 0.6 is 11.6 Å². The van der Waals surface area contributed by atoms with Gasteiger partial charge in [-0.15, -0.1) is 0 Å². The van der Waals surface area contributed by atoms with Gasteiger partial charge in [0.1, 0.15) is 0 Å². The van der Waals surface area contributed by atoms with Crippen molar-refractivity contribution in [1.82, 2.24) is 15.1 Å². The Kier molecular flexibility index (Phi) is 3.33. The molecule has 0 aliphatic heterocycles. The summed E-state index contributed by atoms with van der Waals surface area (Å²) in [6.07, 6.45) is 2.83. The van der Waals surface area contributed by atoms with Gasteiger partial charge in [-0.25, -0.2) is 0 Å². The molecule has 3 rings (SSSR count). The quantitative estimate of drug-likeness (QED) is 0.929. The summed E-state index contributed by atoms with van der Waals surface area (Å²) in [5.41, 5.74) is 3.97. The summed E-state index contributed by atoms with van der Waals surface area (Å²) in [6, 6.07) is 8.88. The van der Waals surface area contributed by atoms with Crippen LogP contribution in [0.15, 0.2) is 30.5 Å². The number of hydrogen-bond acceptors (Lipinski definition) is 2. The predicted octanol–water partition coefficient (Wildman–Crippen LogP) is 3.06. The first-order chi connectivity index (χ1) is 9.22. The summed E-state index contributed by atoms with van der Waals surface area (Å²) >= 11 is 6.30. The van der Waals surface area contributed by atoms with E-state index in [-0.39, 0.29) is 6.04 Å². The maximum absolute atomic E-state index is 6.30. The molecule has 0 saturated carbocycles. The second-order valence-electron chi connectivity index (χ2n) is 5.05. The largest absolute Gasteiger partial charge is 0.308 e. The molecule has 0 saturated heterocycles. The van der Waals surface area contributed by atoms with Gasteiger partial charge in [-0.3, -0.25) is 4.68 Å². The molecule has 1 heterocycles. The normalized spacial score (nSPS) is 18.8. The minimum atomic E-state index is 0.236. The minimum Gasteiger partial charge on any atom is -0.308 e. The van der Waals surface area contributed by atoms with Crippen LogP contribution in [0.5, 0.6) is 0 Å². The fourth-order valence-electron chi connectivity index (χ4n) is 3.01. The Balaban J connectivity index is 1.96. The summed E-state index contributed by atoms with van der Waals surface area (Å²) in [6.45, 7) is 3.05. The first kappa shape index (κ1) is 12.7. The lowest BCUT2D eigenvalue weighted by Crippen LogP contribution is -2.34. The molecule has 1 aromatic carbocycles. The maximum atomic E-state index is 6.30. The Morgan fingerprint density at radius 3 is 2.89 bits per heavy atom. The van der Waals surface area contributed by atoms with Crippen molar-refractivity contribution in [2.24, 2.45) is 7.05 Å². The van der Waals surface area contributed by atoms with E-state index in [1.165, 1.54) is 11.1 Å². The van der Waals surface area contributed by atoms with Gasteiger partial charge in [-0.1, -0.05) is 42.8 Å². The van der Waals surface area contributed by atoms with Crippen LogP contribution in [-0.2, 0) is 13.5 Å². The highest BCUT2D eigenvalue weighted by molar-refractivity contribution is 6.31. The van der Waals surface area contributed by atoms with E-state index in [0.29, 0.717) is 5.92 Å². The van der Waals surface area contributed by atoms with E-state index in [4.69, 9.17) is 11.6 Å². The number of rotatable bonds is 4. The molecule has 2 aromatic rings. The van der Waals surface area contributed by atoms with E-state index in [0.717, 1.165) is 23.7 Å². The van der Waals surface area contributed by atoms with Crippen molar-refractivity contribution < 1.29 is 0 Å². The average Bonchev–Trinajstić information content (AvgIpc) is 2.70. The van der Waals surface area contributed by atoms with Crippen LogP contribution in [0.4, 0.5) is 0 Å². The van der Waals surface area contributed by atoms with Crippen molar-refractivity contribution >= 4 is 11.6 Å². The minimum absolute atomic E-state index is 0.236. The van der Waals surface area contributed by atoms with E-state index < -0.39 is 0 Å². The molecular weight excluding hydrogens is 258 g/mol. The summed E-state index contributed by atoms with van der Waals surface area (Å²) in [7, 11) is 1.95. The van der Waals surface area contributed by atoms with Gasteiger partial charge in [-0.05, 0) is 24.1 Å². The van der Waals surface area contributed by atoms with Crippen LogP contribution in [0.25, 0.3) is 0 Å². The number of likely N-dealkylation sites (N-methyl/N-ethyl adjacent to an activating group) is 1. The molecule has 3 nitrogen and oxygen atoms in total. The number of halogens is 1. The van der Waals surface area contributed by atoms with Gasteiger partial charge in [-0.2, -0.15) is 5.10 Å². The molecule has 0 radical (unpaired) electrons. The first-order valence-electron chi connectivity index (χ1n) is 6.71. The molecule has 0 fully saturated rings. The summed E-state index contributed by atoms with van der Waals surface area (Å²) in [4.78, 5) is 0. The van der Waals surface area contributed by atoms with E-state index in [9.17, 15) is 0 Å². The molecule has 0 spiro atoms. The molecule has 100 valence electrons. The monoisotopic (exact) mass is 275 g/mol. The molecule has 0 amide bonds. The second kappa shape index (κ2) is 4.99. The average molecular weight is 276 g/mol. The molecule has 1 aliphatic carbocycles. The number of benzene rings is 1. The number of nitrogens with one attached hydrogen (secondary N) is 1. The zero-order valence-corrected chi connectivity index (χ0v) is 12.0. The molecule has 2 atom stereocenters. The van der Waals surface area contributed by atoms with Crippen molar-refractivity contribution in [3.05, 3.63) is 52.3 Å². The fourth-order valence-corrected chi connectivity index (χ4v) is 3.30. The Hall–Kier alpha value is -1.32. The zero-order valence-electron chi connectivity index (χ0n) is 11.2. The van der Waals surface area contributed by atoms with Crippen molar-refractivity contribution in [2.45, 2.75) is 25.3 Å². The second-order valence-corrected chi connectivity index (χ2v) is 5.45. The molecule has 1 aromatic heterocycles. The highest BCUT2D eigenvalue weighted by atomic mass is 35.5. The van der Waals surface area contributed by atoms with Gasteiger partial charge in [0.2, 0.25) is 0 Å². The van der Waals surface area contributed by atoms with Crippen LogP contribution in [0.3, 0.4) is 0 Å². The molecule has 4 heteroatoms. The standard InChI is InChI=1S/C15H18ClN3/c1-3-17-14(15-13(16)9-18-19(15)2)12-8-10-6-4-5-7-11(10)12/h4-7,9,12,14,17H,3,8H2,1-2H3. The van der Waals surface area contributed by atoms with Crippen LogP contribution in [0, 0.1) is 0 Å². The highest BCUT2D eigenvalue weighted by Gasteiger charge is 2.35. The predicted molar refractivity (Wildman–Crippen MR) is 77.5 cm³/mol. The SMILES string of the molecule is CCNC(c1c(Cl)cnn1C)C1Cc2ccccc21. The number of fused-ring (bicyclic) bond motifs is 1. The molecule has 19 heavy (non-hydrogen) atoms. The van der Waals surface area contributed by atoms with E-state index in [1.807, 2.05) is 11.7 Å². The third-order valence-corrected chi connectivity index (χ3v) is 4.24. The van der Waals surface area contributed by atoms with Crippen molar-refractivity contribution in [3.63, 3.8) is 0 Å². The van der Waals surface area contributed by atoms with Crippen molar-refractivity contribution in [1.29, 1.82) is 0 Å². The lowest BCUT2D eigenvalue weighted by Gasteiger charge is -2.37. The van der Waals surface area contributed by atoms with Gasteiger partial charge < -0.3 is 5.32 Å². The summed E-state index contributed by atoms with van der Waals surface area (Å²) in [5, 5.41) is 8.57. The topological polar surface area (TPSA) is 29.9 Å². The third kappa shape index (κ3) is 2.07. The highest BCUT2D eigenvalue weighted by Crippen LogP contribution is 2.44. The zero-order chi connectivity index (χ0) is 13.4. The van der Waals surface area contributed by atoms with E-state index >= 15 is 0 Å². The van der Waals surface area contributed by atoms with Gasteiger partial charge in [0.05, 0.1) is 23.0 Å². The van der Waals surface area contributed by atoms with Crippen molar-refractivity contribution in [2.75, 3.05) is 6.54 Å². The van der Waals surface area contributed by atoms with E-state index in [2.05, 4.69) is 41.6 Å². The smallest absolute Gasteiger partial charge is 0.0834 e. The number of aryl methyl sites for hydroxylation is 1. The lowest BCUT2D eigenvalue weighted by atomic mass is 9.72. The maximum Gasteiger partial charge on any atom is 0.0834 e. The van der Waals surface area contributed by atoms with Crippen LogP contribution < -0.4 is 5.32 Å². The molecular formula is C15H18ClN3. The van der Waals surface area contributed by atoms with Crippen LogP contribution in [0.1, 0.15) is 35.7 Å². The Morgan fingerprint density at radius 2 is 2.26 bits per heavy atom. The molecule has 0 bridgehead atoms. The molecule has 2 unspecified atom stereocenters. The summed E-state index contributed by atoms with van der Waals surface area (Å²) < 4.78 is 1.89. The molecule has 1 N–H and O–H groups in total. The number of aromatic nitrogens is 2. The Labute approximate surface area is 118 Å². The van der Waals surface area contributed by atoms with Gasteiger partial charge >= 0.3 is 0 Å². The summed E-state index contributed by atoms with van der Waals surface area (Å²) in [5.74, 6) is 0.490. The number of hydrogen-bond donors (Lipinski definition) is 1. The van der Waals surface area contributed by atoms with Gasteiger partial charge in [0.15, 0.2) is 0 Å². The molecule has 1 aliphatic rings. The van der Waals surface area contributed by atoms with Gasteiger partial charge in [0, 0.05) is 13.0 Å². The lowest BCUT2D eigenvalue weighted by molar-refractivity contribution is 0.398. The van der Waals surface area contributed by atoms with Crippen LogP contribution in [-0.4, -0.2) is 16.3 Å². The Morgan fingerprint density at radius 1 is 1.47 bits per heavy atom. The fraction of sp³-hybridized carbons (Fsp3) is 0.400. The van der Waals surface area contributed by atoms with Gasteiger partial charge in [0.25, 0.3) is 0 Å². The van der Waals surface area contributed by atoms with E-state index in [1.54, 1.807) is 6.20 Å². The first-order valence-corrected chi connectivity index (χ1v) is 7.08. The van der Waals surface area contributed by atoms with Crippen LogP contribution in [0.2, 0.25) is 5.02 Å². The third-order valence-electron chi connectivity index (χ3n) is 3.95. The number of nitrogens with zero attached hydrogens (tertiary/aromatic N) is 2.